The number of fused-ring (bicyclic) bond motifs is 1. The zero-order chi connectivity index (χ0) is 12.7. The van der Waals surface area contributed by atoms with E-state index in [4.69, 9.17) is 5.11 Å². The molecule has 0 spiro atoms. The Balaban J connectivity index is 2.13. The number of aromatic amines is 2. The van der Waals surface area contributed by atoms with E-state index in [1.54, 1.807) is 24.3 Å². The van der Waals surface area contributed by atoms with Gasteiger partial charge in [-0.25, -0.2) is 4.79 Å². The van der Waals surface area contributed by atoms with E-state index in [1.165, 1.54) is 6.07 Å². The summed E-state index contributed by atoms with van der Waals surface area (Å²) >= 11 is 0. The van der Waals surface area contributed by atoms with Crippen LogP contribution in [0.5, 0.6) is 5.75 Å². The number of aromatic nitrogens is 2. The monoisotopic (exact) mass is 242 g/mol. The molecule has 0 aliphatic rings. The van der Waals surface area contributed by atoms with E-state index >= 15 is 0 Å². The largest absolute Gasteiger partial charge is 0.507 e. The Kier molecular flexibility index (Phi) is 2.13. The lowest BCUT2D eigenvalue weighted by Gasteiger charge is -1.92. The van der Waals surface area contributed by atoms with Crippen molar-refractivity contribution in [3.05, 3.63) is 42.1 Å². The third kappa shape index (κ3) is 1.53. The minimum atomic E-state index is -1.000. The normalized spacial score (nSPS) is 10.9. The second-order valence-electron chi connectivity index (χ2n) is 4.01. The molecule has 2 aromatic heterocycles. The first-order chi connectivity index (χ1) is 8.65. The number of benzene rings is 1. The van der Waals surface area contributed by atoms with Crippen LogP contribution in [0.15, 0.2) is 36.4 Å². The fraction of sp³-hybridized carbons (Fsp3) is 0. The number of nitrogens with one attached hydrogen (secondary N) is 2. The Hall–Kier alpha value is -2.69. The van der Waals surface area contributed by atoms with Crippen molar-refractivity contribution in [2.75, 3.05) is 0 Å². The van der Waals surface area contributed by atoms with E-state index in [0.717, 1.165) is 11.2 Å². The number of phenols is 1. The molecule has 5 nitrogen and oxygen atoms in total. The van der Waals surface area contributed by atoms with Gasteiger partial charge in [0.1, 0.15) is 11.4 Å². The highest BCUT2D eigenvalue weighted by Gasteiger charge is 2.10. The minimum absolute atomic E-state index is 0.132. The van der Waals surface area contributed by atoms with E-state index in [0.29, 0.717) is 11.1 Å². The van der Waals surface area contributed by atoms with Gasteiger partial charge in [-0.1, -0.05) is 6.07 Å². The Morgan fingerprint density at radius 2 is 1.89 bits per heavy atom. The molecule has 0 unspecified atom stereocenters. The summed E-state index contributed by atoms with van der Waals surface area (Å²) in [7, 11) is 0. The second kappa shape index (κ2) is 3.66. The van der Waals surface area contributed by atoms with Gasteiger partial charge in [-0.3, -0.25) is 0 Å². The zero-order valence-corrected chi connectivity index (χ0v) is 9.27. The number of carboxylic acids is 1. The van der Waals surface area contributed by atoms with Crippen molar-refractivity contribution in [2.24, 2.45) is 0 Å². The first-order valence-corrected chi connectivity index (χ1v) is 5.38. The molecular formula is C13H10N2O3. The van der Waals surface area contributed by atoms with Crippen molar-refractivity contribution >= 4 is 16.9 Å². The molecule has 0 aliphatic heterocycles. The summed E-state index contributed by atoms with van der Waals surface area (Å²) in [5.74, 6) is -0.805. The maximum absolute atomic E-state index is 10.8. The number of aromatic carboxylic acids is 1. The lowest BCUT2D eigenvalue weighted by molar-refractivity contribution is 0.0691. The van der Waals surface area contributed by atoms with Crippen LogP contribution in [-0.4, -0.2) is 26.2 Å². The van der Waals surface area contributed by atoms with Gasteiger partial charge in [0, 0.05) is 10.9 Å². The SMILES string of the molecule is O=C(O)c1ccc(-c2cc3c(O)cccc3[nH]2)[nH]1. The van der Waals surface area contributed by atoms with Crippen LogP contribution in [0.25, 0.3) is 22.3 Å². The first-order valence-electron chi connectivity index (χ1n) is 5.38. The highest BCUT2D eigenvalue weighted by molar-refractivity contribution is 5.91. The second-order valence-corrected chi connectivity index (χ2v) is 4.01. The van der Waals surface area contributed by atoms with Crippen molar-refractivity contribution in [2.45, 2.75) is 0 Å². The molecule has 3 aromatic rings. The number of phenolic OH excluding ortho intramolecular Hbond substituents is 1. The number of rotatable bonds is 2. The molecular weight excluding hydrogens is 232 g/mol. The van der Waals surface area contributed by atoms with Gasteiger partial charge in [0.25, 0.3) is 0 Å². The molecule has 4 N–H and O–H groups in total. The van der Waals surface area contributed by atoms with Crippen LogP contribution in [0, 0.1) is 0 Å². The summed E-state index contributed by atoms with van der Waals surface area (Å²) in [5, 5.41) is 19.3. The predicted octanol–water partition coefficient (Wildman–Crippen LogP) is 2.57. The van der Waals surface area contributed by atoms with Gasteiger partial charge in [-0.2, -0.15) is 0 Å². The average Bonchev–Trinajstić information content (AvgIpc) is 2.95. The van der Waals surface area contributed by atoms with Crippen molar-refractivity contribution in [1.29, 1.82) is 0 Å². The molecule has 5 heteroatoms. The molecule has 2 heterocycles. The Morgan fingerprint density at radius 3 is 2.56 bits per heavy atom. The standard InChI is InChI=1S/C13H10N2O3/c16-12-3-1-2-8-7(12)6-11(14-8)9-4-5-10(15-9)13(17)18/h1-6,14-16H,(H,17,18). The summed E-state index contributed by atoms with van der Waals surface area (Å²) < 4.78 is 0. The molecule has 0 saturated carbocycles. The maximum atomic E-state index is 10.8. The molecule has 1 aromatic carbocycles. The van der Waals surface area contributed by atoms with Gasteiger partial charge in [-0.05, 0) is 30.3 Å². The number of aromatic hydroxyl groups is 1. The van der Waals surface area contributed by atoms with E-state index in [9.17, 15) is 9.90 Å². The number of hydrogen-bond donors (Lipinski definition) is 4. The summed E-state index contributed by atoms with van der Waals surface area (Å²) in [5.41, 5.74) is 2.34. The van der Waals surface area contributed by atoms with Gasteiger partial charge < -0.3 is 20.2 Å². The molecule has 0 bridgehead atoms. The highest BCUT2D eigenvalue weighted by atomic mass is 16.4. The van der Waals surface area contributed by atoms with E-state index < -0.39 is 5.97 Å². The minimum Gasteiger partial charge on any atom is -0.507 e. The summed E-state index contributed by atoms with van der Waals surface area (Å²) in [6.07, 6.45) is 0. The van der Waals surface area contributed by atoms with Crippen LogP contribution in [-0.2, 0) is 0 Å². The van der Waals surface area contributed by atoms with E-state index in [2.05, 4.69) is 9.97 Å². The van der Waals surface area contributed by atoms with Gasteiger partial charge >= 0.3 is 5.97 Å². The molecule has 0 radical (unpaired) electrons. The molecule has 18 heavy (non-hydrogen) atoms. The van der Waals surface area contributed by atoms with E-state index in [1.807, 2.05) is 6.07 Å². The molecule has 0 aliphatic carbocycles. The predicted molar refractivity (Wildman–Crippen MR) is 66.7 cm³/mol. The van der Waals surface area contributed by atoms with Crippen molar-refractivity contribution in [1.82, 2.24) is 9.97 Å². The van der Waals surface area contributed by atoms with Gasteiger partial charge in [0.2, 0.25) is 0 Å². The summed E-state index contributed by atoms with van der Waals surface area (Å²) in [6, 6.07) is 10.2. The van der Waals surface area contributed by atoms with Gasteiger partial charge in [0.05, 0.1) is 11.4 Å². The first kappa shape index (κ1) is 10.5. The van der Waals surface area contributed by atoms with Crippen LogP contribution in [0.3, 0.4) is 0 Å². The highest BCUT2D eigenvalue weighted by Crippen LogP contribution is 2.29. The molecule has 0 atom stereocenters. The fourth-order valence-electron chi connectivity index (χ4n) is 1.96. The van der Waals surface area contributed by atoms with Gasteiger partial charge in [-0.15, -0.1) is 0 Å². The zero-order valence-electron chi connectivity index (χ0n) is 9.27. The molecule has 0 amide bonds. The topological polar surface area (TPSA) is 89.1 Å². The number of H-pyrrole nitrogens is 2. The van der Waals surface area contributed by atoms with Crippen LogP contribution >= 0.6 is 0 Å². The molecule has 0 fully saturated rings. The lowest BCUT2D eigenvalue weighted by atomic mass is 10.2. The van der Waals surface area contributed by atoms with Crippen molar-refractivity contribution in [3.63, 3.8) is 0 Å². The fourth-order valence-corrected chi connectivity index (χ4v) is 1.96. The van der Waals surface area contributed by atoms with Gasteiger partial charge in [0.15, 0.2) is 0 Å². The van der Waals surface area contributed by atoms with Crippen molar-refractivity contribution < 1.29 is 15.0 Å². The number of carbonyl (C=O) groups is 1. The van der Waals surface area contributed by atoms with Crippen LogP contribution in [0.4, 0.5) is 0 Å². The Morgan fingerprint density at radius 1 is 1.06 bits per heavy atom. The molecule has 3 rings (SSSR count). The van der Waals surface area contributed by atoms with Crippen LogP contribution < -0.4 is 0 Å². The average molecular weight is 242 g/mol. The summed E-state index contributed by atoms with van der Waals surface area (Å²) in [6.45, 7) is 0. The Bertz CT molecular complexity index is 740. The van der Waals surface area contributed by atoms with Crippen LogP contribution in [0.1, 0.15) is 10.5 Å². The Labute approximate surface area is 102 Å². The van der Waals surface area contributed by atoms with E-state index in [-0.39, 0.29) is 11.4 Å². The van der Waals surface area contributed by atoms with Crippen LogP contribution in [0.2, 0.25) is 0 Å². The third-order valence-corrected chi connectivity index (χ3v) is 2.85. The number of carboxylic acid groups (broad SMARTS) is 1. The molecule has 90 valence electrons. The lowest BCUT2D eigenvalue weighted by Crippen LogP contribution is -1.95. The third-order valence-electron chi connectivity index (χ3n) is 2.85. The summed E-state index contributed by atoms with van der Waals surface area (Å²) in [4.78, 5) is 16.7. The smallest absolute Gasteiger partial charge is 0.352 e. The van der Waals surface area contributed by atoms with Crippen molar-refractivity contribution in [3.8, 4) is 17.1 Å². The molecule has 0 saturated heterocycles. The quantitative estimate of drug-likeness (QED) is 0.556. The maximum Gasteiger partial charge on any atom is 0.352 e. The number of hydrogen-bond acceptors (Lipinski definition) is 2.